The molecule has 8 nitrogen and oxygen atoms in total. The topological polar surface area (TPSA) is 99.1 Å². The third-order valence-electron chi connectivity index (χ3n) is 4.75. The fraction of sp³-hybridized carbons (Fsp3) is 0.333. The summed E-state index contributed by atoms with van der Waals surface area (Å²) < 4.78 is 4.53. The van der Waals surface area contributed by atoms with Gasteiger partial charge in [0, 0.05) is 20.1 Å². The van der Waals surface area contributed by atoms with Crippen LogP contribution in [-0.4, -0.2) is 29.8 Å². The quantitative estimate of drug-likeness (QED) is 0.662. The number of imidazole rings is 1. The Morgan fingerprint density at radius 2 is 1.66 bits per heavy atom. The van der Waals surface area contributed by atoms with Gasteiger partial charge in [0.15, 0.2) is 11.2 Å². The number of carbonyl (C=O) groups is 1. The number of carboxylic acids is 1. The van der Waals surface area contributed by atoms with Gasteiger partial charge in [0.2, 0.25) is 0 Å². The van der Waals surface area contributed by atoms with E-state index >= 15 is 0 Å². The van der Waals surface area contributed by atoms with Crippen molar-refractivity contribution in [3.05, 3.63) is 62.1 Å². The Hall–Kier alpha value is -3.42. The average molecular weight is 396 g/mol. The Kier molecular flexibility index (Phi) is 5.81. The Balaban J connectivity index is 2.12. The first-order chi connectivity index (χ1) is 13.9. The molecule has 8 heteroatoms. The van der Waals surface area contributed by atoms with Crippen LogP contribution >= 0.6 is 0 Å². The second-order valence-corrected chi connectivity index (χ2v) is 6.85. The van der Waals surface area contributed by atoms with Gasteiger partial charge >= 0.3 is 11.7 Å². The van der Waals surface area contributed by atoms with Crippen LogP contribution in [0.5, 0.6) is 0 Å². The van der Waals surface area contributed by atoms with Crippen molar-refractivity contribution in [3.8, 4) is 0 Å². The molecule has 0 atom stereocenters. The second-order valence-electron chi connectivity index (χ2n) is 6.85. The second kappa shape index (κ2) is 8.30. The van der Waals surface area contributed by atoms with E-state index in [0.717, 1.165) is 12.0 Å². The van der Waals surface area contributed by atoms with Crippen molar-refractivity contribution in [2.45, 2.75) is 39.8 Å². The first-order valence-corrected chi connectivity index (χ1v) is 9.60. The lowest BCUT2D eigenvalue weighted by atomic mass is 10.1. The van der Waals surface area contributed by atoms with Crippen molar-refractivity contribution in [1.82, 2.24) is 18.7 Å². The lowest BCUT2D eigenvalue weighted by molar-refractivity contribution is 0.0697. The molecule has 0 radical (unpaired) electrons. The lowest BCUT2D eigenvalue weighted by Gasteiger charge is -2.10. The van der Waals surface area contributed by atoms with Gasteiger partial charge in [-0.15, -0.1) is 0 Å². The molecule has 0 bridgehead atoms. The molecule has 152 valence electrons. The minimum Gasteiger partial charge on any atom is -0.478 e. The summed E-state index contributed by atoms with van der Waals surface area (Å²) in [6.45, 7) is 4.74. The maximum atomic E-state index is 12.9. The monoisotopic (exact) mass is 396 g/mol. The van der Waals surface area contributed by atoms with Crippen LogP contribution in [0.25, 0.3) is 23.3 Å². The molecule has 0 amide bonds. The largest absolute Gasteiger partial charge is 0.478 e. The van der Waals surface area contributed by atoms with Crippen LogP contribution in [0.2, 0.25) is 0 Å². The molecule has 0 fully saturated rings. The molecule has 1 aromatic carbocycles. The minimum absolute atomic E-state index is 0.213. The van der Waals surface area contributed by atoms with E-state index in [2.05, 4.69) is 4.98 Å². The number of rotatable bonds is 7. The van der Waals surface area contributed by atoms with Crippen molar-refractivity contribution < 1.29 is 9.90 Å². The van der Waals surface area contributed by atoms with Crippen molar-refractivity contribution in [1.29, 1.82) is 0 Å². The van der Waals surface area contributed by atoms with E-state index in [0.29, 0.717) is 36.5 Å². The molecular formula is C21H24N4O4. The van der Waals surface area contributed by atoms with E-state index in [1.165, 1.54) is 16.7 Å². The number of aryl methyl sites for hydroxylation is 2. The molecule has 2 aromatic heterocycles. The maximum Gasteiger partial charge on any atom is 0.335 e. The van der Waals surface area contributed by atoms with Crippen molar-refractivity contribution >= 4 is 29.3 Å². The molecule has 29 heavy (non-hydrogen) atoms. The number of aromatic carboxylic acids is 1. The number of benzene rings is 1. The number of carboxylic acid groups (broad SMARTS) is 1. The number of aromatic nitrogens is 4. The third-order valence-corrected chi connectivity index (χ3v) is 4.75. The van der Waals surface area contributed by atoms with Crippen LogP contribution in [0.4, 0.5) is 0 Å². The summed E-state index contributed by atoms with van der Waals surface area (Å²) in [5.41, 5.74) is 1.13. The van der Waals surface area contributed by atoms with Gasteiger partial charge in [0.05, 0.1) is 5.56 Å². The third kappa shape index (κ3) is 3.78. The molecule has 0 saturated carbocycles. The predicted molar refractivity (Wildman–Crippen MR) is 112 cm³/mol. The van der Waals surface area contributed by atoms with E-state index in [9.17, 15) is 14.4 Å². The summed E-state index contributed by atoms with van der Waals surface area (Å²) in [5.74, 6) is -0.439. The summed E-state index contributed by atoms with van der Waals surface area (Å²) in [6, 6.07) is 6.45. The number of hydrogen-bond donors (Lipinski definition) is 1. The summed E-state index contributed by atoms with van der Waals surface area (Å²) in [4.78, 5) is 41.2. The summed E-state index contributed by atoms with van der Waals surface area (Å²) >= 11 is 0. The average Bonchev–Trinajstić information content (AvgIpc) is 3.03. The molecule has 0 unspecified atom stereocenters. The van der Waals surface area contributed by atoms with E-state index in [1.807, 2.05) is 13.8 Å². The van der Waals surface area contributed by atoms with Crippen molar-refractivity contribution in [2.24, 2.45) is 7.05 Å². The first-order valence-electron chi connectivity index (χ1n) is 9.60. The fourth-order valence-corrected chi connectivity index (χ4v) is 3.28. The zero-order valence-corrected chi connectivity index (χ0v) is 16.8. The summed E-state index contributed by atoms with van der Waals surface area (Å²) in [6.07, 6.45) is 4.97. The zero-order valence-electron chi connectivity index (χ0n) is 16.8. The standard InChI is InChI=1S/C21H24N4O4/c1-4-12-24-18-17(19(26)25(13-5-2)21(24)29)23(3)16(22-18)11-8-14-6-9-15(10-7-14)20(27)28/h6-11H,4-5,12-13H2,1-3H3,(H,27,28)/b11-8+. The van der Waals surface area contributed by atoms with Crippen LogP contribution in [0.1, 0.15) is 48.4 Å². The van der Waals surface area contributed by atoms with Gasteiger partial charge in [-0.2, -0.15) is 0 Å². The molecule has 3 rings (SSSR count). The highest BCUT2D eigenvalue weighted by molar-refractivity contribution is 5.88. The van der Waals surface area contributed by atoms with E-state index in [1.54, 1.807) is 40.5 Å². The normalized spacial score (nSPS) is 11.6. The molecule has 3 aromatic rings. The highest BCUT2D eigenvalue weighted by atomic mass is 16.4. The van der Waals surface area contributed by atoms with Gasteiger partial charge in [0.25, 0.3) is 5.56 Å². The maximum absolute atomic E-state index is 12.9. The summed E-state index contributed by atoms with van der Waals surface area (Å²) in [7, 11) is 1.75. The molecule has 0 aliphatic carbocycles. The molecule has 0 aliphatic rings. The van der Waals surface area contributed by atoms with E-state index in [4.69, 9.17) is 5.11 Å². The van der Waals surface area contributed by atoms with Crippen LogP contribution < -0.4 is 11.2 Å². The molecule has 2 heterocycles. The van der Waals surface area contributed by atoms with E-state index in [-0.39, 0.29) is 16.8 Å². The minimum atomic E-state index is -0.979. The molecular weight excluding hydrogens is 372 g/mol. The highest BCUT2D eigenvalue weighted by Gasteiger charge is 2.18. The predicted octanol–water partition coefficient (Wildman–Crippen LogP) is 2.59. The first kappa shape index (κ1) is 20.3. The Labute approximate surface area is 167 Å². The van der Waals surface area contributed by atoms with Crippen molar-refractivity contribution in [3.63, 3.8) is 0 Å². The van der Waals surface area contributed by atoms with E-state index < -0.39 is 5.97 Å². The zero-order chi connectivity index (χ0) is 21.1. The Morgan fingerprint density at radius 1 is 1.03 bits per heavy atom. The molecule has 0 spiro atoms. The molecule has 1 N–H and O–H groups in total. The van der Waals surface area contributed by atoms with Crippen LogP contribution in [0.15, 0.2) is 33.9 Å². The number of hydrogen-bond acceptors (Lipinski definition) is 4. The van der Waals surface area contributed by atoms with Gasteiger partial charge in [-0.05, 0) is 36.6 Å². The van der Waals surface area contributed by atoms with Crippen LogP contribution in [0, 0.1) is 0 Å². The van der Waals surface area contributed by atoms with Gasteiger partial charge in [-0.1, -0.05) is 32.1 Å². The van der Waals surface area contributed by atoms with Crippen LogP contribution in [-0.2, 0) is 20.1 Å². The smallest absolute Gasteiger partial charge is 0.335 e. The number of nitrogens with zero attached hydrogens (tertiary/aromatic N) is 4. The molecule has 0 aliphatic heterocycles. The highest BCUT2D eigenvalue weighted by Crippen LogP contribution is 2.14. The van der Waals surface area contributed by atoms with Crippen LogP contribution in [0.3, 0.4) is 0 Å². The van der Waals surface area contributed by atoms with Gasteiger partial charge in [0.1, 0.15) is 5.82 Å². The fourth-order valence-electron chi connectivity index (χ4n) is 3.28. The SMILES string of the molecule is CCCn1c(=O)c2c(nc(/C=C/c3ccc(C(=O)O)cc3)n2C)n(CCC)c1=O. The van der Waals surface area contributed by atoms with Gasteiger partial charge in [-0.25, -0.2) is 14.6 Å². The van der Waals surface area contributed by atoms with Crippen molar-refractivity contribution in [2.75, 3.05) is 0 Å². The number of fused-ring (bicyclic) bond motifs is 1. The summed E-state index contributed by atoms with van der Waals surface area (Å²) in [5, 5.41) is 8.99. The Morgan fingerprint density at radius 3 is 2.24 bits per heavy atom. The molecule has 0 saturated heterocycles. The van der Waals surface area contributed by atoms with Gasteiger partial charge < -0.3 is 9.67 Å². The van der Waals surface area contributed by atoms with Gasteiger partial charge in [-0.3, -0.25) is 13.9 Å². The Bertz CT molecular complexity index is 1200. The lowest BCUT2D eigenvalue weighted by Crippen LogP contribution is -2.40.